The molecule has 0 radical (unpaired) electrons. The normalized spacial score (nSPS) is 10.4. The highest BCUT2D eigenvalue weighted by atomic mass is 16.5. The van der Waals surface area contributed by atoms with Gasteiger partial charge in [-0.15, -0.1) is 0 Å². The lowest BCUT2D eigenvalue weighted by Gasteiger charge is -2.06. The first-order chi connectivity index (χ1) is 7.06. The summed E-state index contributed by atoms with van der Waals surface area (Å²) in [6, 6.07) is 0. The van der Waals surface area contributed by atoms with Gasteiger partial charge in [0.05, 0.1) is 6.61 Å². The number of hydrogen-bond donors (Lipinski definition) is 1. The summed E-state index contributed by atoms with van der Waals surface area (Å²) < 4.78 is 4.73. The van der Waals surface area contributed by atoms with E-state index in [0.29, 0.717) is 5.82 Å². The van der Waals surface area contributed by atoms with Gasteiger partial charge in [0.25, 0.3) is 0 Å². The van der Waals surface area contributed by atoms with Crippen LogP contribution in [0.15, 0.2) is 6.20 Å². The van der Waals surface area contributed by atoms with Gasteiger partial charge < -0.3 is 9.84 Å². The Bertz CT molecular complexity index is 364. The molecule has 5 nitrogen and oxygen atoms in total. The molecular formula is C10H14N2O3. The Labute approximate surface area is 88.1 Å². The molecule has 1 aromatic rings. The standard InChI is InChI=1S/C10H14N2O3/c1-4-15-10(14)7-5-11-8(6(2)3)12-9(7)13/h5-6H,4H2,1-3H3,(H,11,12,13). The molecule has 0 aliphatic heterocycles. The summed E-state index contributed by atoms with van der Waals surface area (Å²) >= 11 is 0. The van der Waals surface area contributed by atoms with Crippen LogP contribution < -0.4 is 0 Å². The molecule has 5 heteroatoms. The van der Waals surface area contributed by atoms with Crippen molar-refractivity contribution in [2.24, 2.45) is 0 Å². The fourth-order valence-electron chi connectivity index (χ4n) is 1.02. The van der Waals surface area contributed by atoms with Crippen molar-refractivity contribution in [3.8, 4) is 5.88 Å². The monoisotopic (exact) mass is 210 g/mol. The number of ether oxygens (including phenoxy) is 1. The lowest BCUT2D eigenvalue weighted by Crippen LogP contribution is -2.08. The molecule has 15 heavy (non-hydrogen) atoms. The van der Waals surface area contributed by atoms with Crippen LogP contribution in [-0.2, 0) is 4.74 Å². The SMILES string of the molecule is CCOC(=O)c1cnc(C(C)C)nc1O. The van der Waals surface area contributed by atoms with E-state index in [1.165, 1.54) is 6.20 Å². The zero-order valence-electron chi connectivity index (χ0n) is 9.02. The zero-order chi connectivity index (χ0) is 11.4. The third-order valence-corrected chi connectivity index (χ3v) is 1.80. The van der Waals surface area contributed by atoms with Gasteiger partial charge in [-0.05, 0) is 6.92 Å². The van der Waals surface area contributed by atoms with Crippen molar-refractivity contribution in [3.05, 3.63) is 17.6 Å². The molecule has 0 atom stereocenters. The first kappa shape index (κ1) is 11.4. The number of rotatable bonds is 3. The molecule has 1 aromatic heterocycles. The molecule has 0 amide bonds. The second-order valence-corrected chi connectivity index (χ2v) is 3.34. The van der Waals surface area contributed by atoms with Gasteiger partial charge in [0.15, 0.2) is 0 Å². The maximum atomic E-state index is 11.3. The topological polar surface area (TPSA) is 72.3 Å². The Morgan fingerprint density at radius 1 is 1.60 bits per heavy atom. The van der Waals surface area contributed by atoms with Gasteiger partial charge >= 0.3 is 5.97 Å². The minimum absolute atomic E-state index is 0.00116. The van der Waals surface area contributed by atoms with Crippen LogP contribution in [0, 0.1) is 0 Å². The second kappa shape index (κ2) is 4.72. The third-order valence-electron chi connectivity index (χ3n) is 1.80. The highest BCUT2D eigenvalue weighted by Crippen LogP contribution is 2.17. The molecule has 0 unspecified atom stereocenters. The van der Waals surface area contributed by atoms with E-state index >= 15 is 0 Å². The Balaban J connectivity index is 2.98. The first-order valence-electron chi connectivity index (χ1n) is 4.79. The van der Waals surface area contributed by atoms with Crippen LogP contribution in [-0.4, -0.2) is 27.7 Å². The van der Waals surface area contributed by atoms with E-state index < -0.39 is 5.97 Å². The van der Waals surface area contributed by atoms with E-state index in [2.05, 4.69) is 9.97 Å². The largest absolute Gasteiger partial charge is 0.493 e. The van der Waals surface area contributed by atoms with Crippen molar-refractivity contribution in [1.82, 2.24) is 9.97 Å². The van der Waals surface area contributed by atoms with Gasteiger partial charge in [-0.1, -0.05) is 13.8 Å². The molecule has 1 rings (SSSR count). The number of esters is 1. The van der Waals surface area contributed by atoms with Crippen molar-refractivity contribution in [2.45, 2.75) is 26.7 Å². The number of hydrogen-bond acceptors (Lipinski definition) is 5. The van der Waals surface area contributed by atoms with Crippen LogP contribution in [0.2, 0.25) is 0 Å². The van der Waals surface area contributed by atoms with Crippen LogP contribution in [0.5, 0.6) is 5.88 Å². The minimum atomic E-state index is -0.606. The Hall–Kier alpha value is -1.65. The van der Waals surface area contributed by atoms with Crippen molar-refractivity contribution in [3.63, 3.8) is 0 Å². The molecule has 0 fully saturated rings. The maximum absolute atomic E-state index is 11.3. The van der Waals surface area contributed by atoms with Crippen molar-refractivity contribution in [1.29, 1.82) is 0 Å². The van der Waals surface area contributed by atoms with Crippen molar-refractivity contribution >= 4 is 5.97 Å². The van der Waals surface area contributed by atoms with E-state index in [1.54, 1.807) is 6.92 Å². The number of carbonyl (C=O) groups is 1. The molecule has 1 N–H and O–H groups in total. The Kier molecular flexibility index (Phi) is 3.60. The minimum Gasteiger partial charge on any atom is -0.493 e. The fourth-order valence-corrected chi connectivity index (χ4v) is 1.02. The quantitative estimate of drug-likeness (QED) is 0.765. The average molecular weight is 210 g/mol. The zero-order valence-corrected chi connectivity index (χ0v) is 9.02. The highest BCUT2D eigenvalue weighted by Gasteiger charge is 2.15. The highest BCUT2D eigenvalue weighted by molar-refractivity contribution is 5.91. The predicted octanol–water partition coefficient (Wildman–Crippen LogP) is 1.48. The summed E-state index contributed by atoms with van der Waals surface area (Å²) in [5.74, 6) is -0.329. The molecule has 82 valence electrons. The first-order valence-corrected chi connectivity index (χ1v) is 4.79. The smallest absolute Gasteiger partial charge is 0.345 e. The summed E-state index contributed by atoms with van der Waals surface area (Å²) in [5, 5.41) is 9.49. The van der Waals surface area contributed by atoms with E-state index in [4.69, 9.17) is 4.74 Å². The Morgan fingerprint density at radius 3 is 2.73 bits per heavy atom. The van der Waals surface area contributed by atoms with Gasteiger partial charge in [0.2, 0.25) is 5.88 Å². The summed E-state index contributed by atoms with van der Waals surface area (Å²) in [6.07, 6.45) is 1.29. The van der Waals surface area contributed by atoms with E-state index in [-0.39, 0.29) is 24.0 Å². The average Bonchev–Trinajstić information content (AvgIpc) is 2.17. The summed E-state index contributed by atoms with van der Waals surface area (Å²) in [6.45, 7) is 5.75. The van der Waals surface area contributed by atoms with E-state index in [1.807, 2.05) is 13.8 Å². The molecule has 0 aromatic carbocycles. The molecule has 0 aliphatic rings. The van der Waals surface area contributed by atoms with E-state index in [0.717, 1.165) is 0 Å². The molecule has 1 heterocycles. The lowest BCUT2D eigenvalue weighted by atomic mass is 10.2. The second-order valence-electron chi connectivity index (χ2n) is 3.34. The number of carbonyl (C=O) groups excluding carboxylic acids is 1. The van der Waals surface area contributed by atoms with Crippen molar-refractivity contribution in [2.75, 3.05) is 6.61 Å². The van der Waals surface area contributed by atoms with Gasteiger partial charge in [-0.25, -0.2) is 9.78 Å². The number of aromatic nitrogens is 2. The van der Waals surface area contributed by atoms with E-state index in [9.17, 15) is 9.90 Å². The molecular weight excluding hydrogens is 196 g/mol. The number of nitrogens with zero attached hydrogens (tertiary/aromatic N) is 2. The van der Waals surface area contributed by atoms with Crippen LogP contribution >= 0.6 is 0 Å². The lowest BCUT2D eigenvalue weighted by molar-refractivity contribution is 0.0521. The molecule has 0 bridgehead atoms. The fraction of sp³-hybridized carbons (Fsp3) is 0.500. The summed E-state index contributed by atoms with van der Waals surface area (Å²) in [7, 11) is 0. The molecule has 0 aliphatic carbocycles. The van der Waals surface area contributed by atoms with Crippen LogP contribution in [0.4, 0.5) is 0 Å². The molecule has 0 spiro atoms. The summed E-state index contributed by atoms with van der Waals surface area (Å²) in [5.41, 5.74) is 0.00116. The van der Waals surface area contributed by atoms with Gasteiger partial charge in [0, 0.05) is 12.1 Å². The predicted molar refractivity (Wildman–Crippen MR) is 53.7 cm³/mol. The maximum Gasteiger partial charge on any atom is 0.345 e. The van der Waals surface area contributed by atoms with Gasteiger partial charge in [-0.3, -0.25) is 0 Å². The van der Waals surface area contributed by atoms with Gasteiger partial charge in [-0.2, -0.15) is 4.98 Å². The summed E-state index contributed by atoms with van der Waals surface area (Å²) in [4.78, 5) is 19.1. The number of aromatic hydroxyl groups is 1. The molecule has 0 saturated heterocycles. The van der Waals surface area contributed by atoms with Crippen molar-refractivity contribution < 1.29 is 14.6 Å². The van der Waals surface area contributed by atoms with Gasteiger partial charge in [0.1, 0.15) is 11.4 Å². The Morgan fingerprint density at radius 2 is 2.27 bits per heavy atom. The van der Waals surface area contributed by atoms with Crippen LogP contribution in [0.25, 0.3) is 0 Å². The molecule has 0 saturated carbocycles. The third kappa shape index (κ3) is 2.65. The van der Waals surface area contributed by atoms with Crippen LogP contribution in [0.1, 0.15) is 42.9 Å². The van der Waals surface area contributed by atoms with Crippen LogP contribution in [0.3, 0.4) is 0 Å².